The minimum absolute atomic E-state index is 0.112. The van der Waals surface area contributed by atoms with E-state index in [4.69, 9.17) is 9.40 Å². The molecule has 0 amide bonds. The number of oxazole rings is 1. The second kappa shape index (κ2) is 15.2. The van der Waals surface area contributed by atoms with Crippen LogP contribution in [-0.2, 0) is 0 Å². The summed E-state index contributed by atoms with van der Waals surface area (Å²) in [7, 11) is 0. The molecule has 0 unspecified atom stereocenters. The van der Waals surface area contributed by atoms with Gasteiger partial charge < -0.3 is 14.2 Å². The molecular weight excluding hydrogens is 850 g/mol. The lowest BCUT2D eigenvalue weighted by molar-refractivity contribution is 0.620. The van der Waals surface area contributed by atoms with Gasteiger partial charge in [0.25, 0.3) is 6.71 Å². The normalized spacial score (nSPS) is 12.8. The monoisotopic (exact) mass is 889 g/mol. The Morgan fingerprint density at radius 3 is 1.29 bits per heavy atom. The molecule has 2 aliphatic rings. The van der Waals surface area contributed by atoms with E-state index in [-0.39, 0.29) is 6.71 Å². The van der Waals surface area contributed by atoms with E-state index in [9.17, 15) is 0 Å². The molecule has 0 saturated heterocycles. The van der Waals surface area contributed by atoms with Crippen LogP contribution in [-0.4, -0.2) is 11.7 Å². The predicted molar refractivity (Wildman–Crippen MR) is 294 cm³/mol. The molecule has 4 nitrogen and oxygen atoms in total. The molecule has 0 N–H and O–H groups in total. The summed E-state index contributed by atoms with van der Waals surface area (Å²) < 4.78 is 6.70. The van der Waals surface area contributed by atoms with Crippen molar-refractivity contribution in [1.29, 1.82) is 0 Å². The average Bonchev–Trinajstić information content (AvgIpc) is 3.88. The Balaban J connectivity index is 1.07. The lowest BCUT2D eigenvalue weighted by Gasteiger charge is -2.44. The van der Waals surface area contributed by atoms with Gasteiger partial charge >= 0.3 is 0 Å². The van der Waals surface area contributed by atoms with Crippen LogP contribution >= 0.6 is 0 Å². The second-order valence-electron chi connectivity index (χ2n) is 18.7. The van der Waals surface area contributed by atoms with Crippen molar-refractivity contribution >= 4 is 111 Å². The summed E-state index contributed by atoms with van der Waals surface area (Å²) in [5.74, 6) is 0.584. The van der Waals surface area contributed by atoms with Crippen molar-refractivity contribution in [3.8, 4) is 33.7 Å². The molecule has 13 aromatic rings. The van der Waals surface area contributed by atoms with E-state index in [1.807, 2.05) is 24.3 Å². The van der Waals surface area contributed by atoms with Gasteiger partial charge in [0.1, 0.15) is 5.52 Å². The molecule has 324 valence electrons. The first kappa shape index (κ1) is 38.9. The van der Waals surface area contributed by atoms with Crippen molar-refractivity contribution < 1.29 is 4.42 Å². The van der Waals surface area contributed by atoms with Crippen LogP contribution < -0.4 is 26.2 Å². The van der Waals surface area contributed by atoms with Crippen molar-refractivity contribution in [3.63, 3.8) is 0 Å². The first-order valence-corrected chi connectivity index (χ1v) is 24.0. The van der Waals surface area contributed by atoms with Crippen LogP contribution in [0, 0.1) is 0 Å². The highest BCUT2D eigenvalue weighted by atomic mass is 16.3. The molecule has 70 heavy (non-hydrogen) atoms. The van der Waals surface area contributed by atoms with Crippen molar-refractivity contribution in [2.24, 2.45) is 0 Å². The Kier molecular flexibility index (Phi) is 8.42. The maximum atomic E-state index is 6.70. The molecule has 0 radical (unpaired) electrons. The van der Waals surface area contributed by atoms with Gasteiger partial charge in [-0.3, -0.25) is 0 Å². The highest BCUT2D eigenvalue weighted by Crippen LogP contribution is 2.48. The van der Waals surface area contributed by atoms with Crippen LogP contribution in [0.4, 0.5) is 34.1 Å². The van der Waals surface area contributed by atoms with E-state index >= 15 is 0 Å². The fourth-order valence-electron chi connectivity index (χ4n) is 11.5. The SMILES string of the molecule is c1ccc(-c2ccc(N3c4cc5c(ccc6ccccc65)cc4B4c5cc6ccc7ccccc7c6cc5N(c5ccc(-c6ccccc6)cc5)c5cc(-c6nc7ccccc7o6)cc3c54)cc2)cc1. The molecule has 0 aliphatic carbocycles. The van der Waals surface area contributed by atoms with Crippen LogP contribution in [0.3, 0.4) is 0 Å². The summed E-state index contributed by atoms with van der Waals surface area (Å²) >= 11 is 0. The maximum Gasteiger partial charge on any atom is 0.252 e. The molecule has 0 bridgehead atoms. The summed E-state index contributed by atoms with van der Waals surface area (Å²) in [6, 6.07) is 88.7. The largest absolute Gasteiger partial charge is 0.436 e. The zero-order valence-corrected chi connectivity index (χ0v) is 37.9. The molecule has 0 atom stereocenters. The van der Waals surface area contributed by atoms with Crippen LogP contribution in [0.25, 0.3) is 87.9 Å². The zero-order valence-electron chi connectivity index (χ0n) is 37.9. The number of fused-ring (bicyclic) bond motifs is 11. The van der Waals surface area contributed by atoms with Gasteiger partial charge in [-0.2, -0.15) is 0 Å². The molecular formula is C65H40BN3O. The van der Waals surface area contributed by atoms with E-state index in [0.29, 0.717) is 5.89 Å². The average molecular weight is 890 g/mol. The fraction of sp³-hybridized carbons (Fsp3) is 0. The third-order valence-electron chi connectivity index (χ3n) is 14.8. The summed E-state index contributed by atoms with van der Waals surface area (Å²) in [6.07, 6.45) is 0. The number of nitrogens with zero attached hydrogens (tertiary/aromatic N) is 3. The summed E-state index contributed by atoms with van der Waals surface area (Å²) in [6.45, 7) is -0.112. The Bertz CT molecular complexity index is 3970. The van der Waals surface area contributed by atoms with Gasteiger partial charge in [-0.15, -0.1) is 0 Å². The lowest BCUT2D eigenvalue weighted by atomic mass is 9.33. The number of hydrogen-bond donors (Lipinski definition) is 0. The number of para-hydroxylation sites is 2. The summed E-state index contributed by atoms with van der Waals surface area (Å²) in [5, 5.41) is 9.81. The second-order valence-corrected chi connectivity index (χ2v) is 18.7. The van der Waals surface area contributed by atoms with E-state index in [2.05, 4.69) is 228 Å². The van der Waals surface area contributed by atoms with Crippen molar-refractivity contribution in [2.45, 2.75) is 0 Å². The van der Waals surface area contributed by atoms with Crippen LogP contribution in [0.5, 0.6) is 0 Å². The number of hydrogen-bond acceptors (Lipinski definition) is 4. The van der Waals surface area contributed by atoms with Gasteiger partial charge in [-0.25, -0.2) is 4.98 Å². The van der Waals surface area contributed by atoms with Crippen LogP contribution in [0.2, 0.25) is 0 Å². The standard InChI is InChI=1S/C65H40BN3O/c1-3-13-41(14-4-1)43-27-31-50(32-28-43)68-59-39-54-47(25-23-45-17-7-9-19-52(45)54)35-56(59)66-57-36-48-26-24-46-18-8-10-20-53(46)55(48)40-60(57)69(51-33-29-44(30-34-51)42-15-5-2-6-16-42)62-38-49(37-61(68)64(62)66)65-67-58-21-11-12-22-63(58)70-65/h1-40H. The van der Waals surface area contributed by atoms with Gasteiger partial charge in [-0.1, -0.05) is 182 Å². The summed E-state index contributed by atoms with van der Waals surface area (Å²) in [4.78, 5) is 10.2. The van der Waals surface area contributed by atoms with Crippen molar-refractivity contribution in [3.05, 3.63) is 243 Å². The summed E-state index contributed by atoms with van der Waals surface area (Å²) in [5.41, 5.74) is 17.6. The smallest absolute Gasteiger partial charge is 0.252 e. The van der Waals surface area contributed by atoms with E-state index in [1.165, 1.54) is 81.7 Å². The van der Waals surface area contributed by atoms with Crippen molar-refractivity contribution in [1.82, 2.24) is 4.98 Å². The van der Waals surface area contributed by atoms with Crippen LogP contribution in [0.15, 0.2) is 247 Å². The van der Waals surface area contributed by atoms with Gasteiger partial charge in [-0.05, 0) is 142 Å². The van der Waals surface area contributed by atoms with E-state index in [0.717, 1.165) is 50.8 Å². The zero-order chi connectivity index (χ0) is 45.9. The van der Waals surface area contributed by atoms with Gasteiger partial charge in [0.05, 0.1) is 0 Å². The molecule has 5 heteroatoms. The first-order chi connectivity index (χ1) is 34.7. The van der Waals surface area contributed by atoms with Crippen LogP contribution in [0.1, 0.15) is 0 Å². The minimum atomic E-state index is -0.112. The fourth-order valence-corrected chi connectivity index (χ4v) is 11.5. The van der Waals surface area contributed by atoms with Crippen molar-refractivity contribution in [2.75, 3.05) is 9.80 Å². The minimum Gasteiger partial charge on any atom is -0.436 e. The number of anilines is 6. The quantitative estimate of drug-likeness (QED) is 0.127. The molecule has 2 aliphatic heterocycles. The highest BCUT2D eigenvalue weighted by Gasteiger charge is 2.44. The Labute approximate surface area is 405 Å². The molecule has 0 spiro atoms. The van der Waals surface area contributed by atoms with Gasteiger partial charge in [0.2, 0.25) is 5.89 Å². The maximum absolute atomic E-state index is 6.70. The Hall–Kier alpha value is -9.19. The highest BCUT2D eigenvalue weighted by molar-refractivity contribution is 7.00. The first-order valence-electron chi connectivity index (χ1n) is 24.0. The third kappa shape index (κ3) is 5.95. The molecule has 1 aromatic heterocycles. The molecule has 3 heterocycles. The van der Waals surface area contributed by atoms with Gasteiger partial charge in [0, 0.05) is 39.7 Å². The Morgan fingerprint density at radius 2 is 0.771 bits per heavy atom. The number of rotatable bonds is 5. The molecule has 12 aromatic carbocycles. The lowest BCUT2D eigenvalue weighted by Crippen LogP contribution is -2.61. The predicted octanol–water partition coefficient (Wildman–Crippen LogP) is 15.5. The van der Waals surface area contributed by atoms with E-state index < -0.39 is 0 Å². The Morgan fingerprint density at radius 1 is 0.329 bits per heavy atom. The molecule has 0 saturated carbocycles. The van der Waals surface area contributed by atoms with Gasteiger partial charge in [0.15, 0.2) is 5.58 Å². The molecule has 0 fully saturated rings. The molecule has 15 rings (SSSR count). The topological polar surface area (TPSA) is 32.5 Å². The van der Waals surface area contributed by atoms with E-state index in [1.54, 1.807) is 0 Å². The number of benzene rings is 12. The number of aromatic nitrogens is 1. The third-order valence-corrected chi connectivity index (χ3v) is 14.8.